The van der Waals surface area contributed by atoms with Crippen LogP contribution in [-0.2, 0) is 14.6 Å². The summed E-state index contributed by atoms with van der Waals surface area (Å²) in [4.78, 5) is 27.4. The average Bonchev–Trinajstić information content (AvgIpc) is 3.12. The number of carbonyl (C=O) groups excluding carboxylic acids is 2. The van der Waals surface area contributed by atoms with Crippen molar-refractivity contribution in [3.05, 3.63) is 71.9 Å². The molecular formula is C21H15NO5S. The Morgan fingerprint density at radius 2 is 1.54 bits per heavy atom. The molecule has 0 amide bonds. The quantitative estimate of drug-likeness (QED) is 0.687. The van der Waals surface area contributed by atoms with E-state index in [4.69, 9.17) is 4.74 Å². The molecule has 28 heavy (non-hydrogen) atoms. The van der Waals surface area contributed by atoms with Gasteiger partial charge in [-0.05, 0) is 42.0 Å². The van der Waals surface area contributed by atoms with Gasteiger partial charge >= 0.3 is 0 Å². The van der Waals surface area contributed by atoms with Crippen molar-refractivity contribution in [1.82, 2.24) is 4.98 Å². The van der Waals surface area contributed by atoms with Gasteiger partial charge in [0, 0.05) is 5.56 Å². The molecule has 0 saturated carbocycles. The molecule has 1 aromatic heterocycles. The molecule has 0 bridgehead atoms. The summed E-state index contributed by atoms with van der Waals surface area (Å²) in [5.74, 6) is -0.845. The van der Waals surface area contributed by atoms with E-state index in [1.807, 2.05) is 0 Å². The second-order valence-corrected chi connectivity index (χ2v) is 8.08. The van der Waals surface area contributed by atoms with Crippen LogP contribution in [0.5, 0.6) is 5.75 Å². The number of H-pyrrole nitrogens is 1. The third-order valence-electron chi connectivity index (χ3n) is 4.55. The summed E-state index contributed by atoms with van der Waals surface area (Å²) in [6.45, 7) is 0. The van der Waals surface area contributed by atoms with Crippen molar-refractivity contribution in [1.29, 1.82) is 0 Å². The van der Waals surface area contributed by atoms with Crippen LogP contribution in [0.2, 0.25) is 0 Å². The molecule has 0 fully saturated rings. The van der Waals surface area contributed by atoms with Crippen molar-refractivity contribution in [3.8, 4) is 16.9 Å². The fourth-order valence-electron chi connectivity index (χ4n) is 3.17. The van der Waals surface area contributed by atoms with Crippen LogP contribution in [0.15, 0.2) is 70.6 Å². The predicted octanol–water partition coefficient (Wildman–Crippen LogP) is 3.30. The summed E-state index contributed by atoms with van der Waals surface area (Å²) in [7, 11) is -2.43. The molecule has 0 aliphatic heterocycles. The van der Waals surface area contributed by atoms with Crippen LogP contribution in [0.4, 0.5) is 0 Å². The number of methoxy groups -OCH3 is 1. The maximum atomic E-state index is 13.3. The molecule has 1 N–H and O–H groups in total. The fraction of sp³-hybridized carbons (Fsp3) is 0.0476. The van der Waals surface area contributed by atoms with Crippen LogP contribution in [-0.4, -0.2) is 32.1 Å². The highest BCUT2D eigenvalue weighted by Gasteiger charge is 2.34. The number of nitrogens with one attached hydrogen (secondary N) is 1. The van der Waals surface area contributed by atoms with E-state index in [1.165, 1.54) is 25.3 Å². The number of carbonyl (C=O) groups is 2. The van der Waals surface area contributed by atoms with Gasteiger partial charge < -0.3 is 9.72 Å². The highest BCUT2D eigenvalue weighted by molar-refractivity contribution is 7.91. The van der Waals surface area contributed by atoms with Crippen molar-refractivity contribution in [2.45, 2.75) is 9.92 Å². The number of fused-ring (bicyclic) bond motifs is 1. The first-order valence-electron chi connectivity index (χ1n) is 8.40. The Morgan fingerprint density at radius 3 is 2.18 bits per heavy atom. The van der Waals surface area contributed by atoms with E-state index in [2.05, 4.69) is 4.98 Å². The number of ether oxygens (including phenoxy) is 1. The zero-order chi connectivity index (χ0) is 19.9. The molecule has 0 unspecified atom stereocenters. The summed E-state index contributed by atoms with van der Waals surface area (Å²) in [5, 5.41) is -0.124. The number of aromatic amines is 1. The minimum atomic E-state index is -3.95. The summed E-state index contributed by atoms with van der Waals surface area (Å²) in [6.07, 6.45) is 2.56. The summed E-state index contributed by atoms with van der Waals surface area (Å²) in [5.41, 5.74) is 1.03. The number of hydrogen-bond acceptors (Lipinski definition) is 5. The van der Waals surface area contributed by atoms with Gasteiger partial charge in [0.25, 0.3) is 0 Å². The lowest BCUT2D eigenvalue weighted by Crippen LogP contribution is -2.16. The van der Waals surface area contributed by atoms with Crippen molar-refractivity contribution in [2.24, 2.45) is 0 Å². The molecule has 0 saturated heterocycles. The molecular weight excluding hydrogens is 378 g/mol. The van der Waals surface area contributed by atoms with Crippen LogP contribution >= 0.6 is 0 Å². The maximum absolute atomic E-state index is 13.3. The number of ketones is 2. The van der Waals surface area contributed by atoms with Crippen LogP contribution in [0.1, 0.15) is 16.1 Å². The molecule has 0 radical (unpaired) electrons. The molecule has 7 heteroatoms. The second kappa shape index (κ2) is 6.61. The Bertz CT molecular complexity index is 1220. The average molecular weight is 393 g/mol. The van der Waals surface area contributed by atoms with Crippen LogP contribution < -0.4 is 4.74 Å². The van der Waals surface area contributed by atoms with E-state index in [9.17, 15) is 18.0 Å². The molecule has 1 aliphatic rings. The summed E-state index contributed by atoms with van der Waals surface area (Å²) >= 11 is 0. The Labute approximate surface area is 161 Å². The largest absolute Gasteiger partial charge is 0.497 e. The number of hydrogen-bond donors (Lipinski definition) is 1. The summed E-state index contributed by atoms with van der Waals surface area (Å²) < 4.78 is 31.7. The normalized spacial score (nSPS) is 13.5. The van der Waals surface area contributed by atoms with Gasteiger partial charge in [0.15, 0.2) is 0 Å². The van der Waals surface area contributed by atoms with Crippen molar-refractivity contribution < 1.29 is 22.7 Å². The standard InChI is InChI=1S/C21H15NO5S/c1-27-14-9-7-13(8-10-14)18-19-16(11-12-17(23)20(19)24)22-21(18)28(25,26)15-5-3-2-4-6-15/h2-12,22H,1H3. The van der Waals surface area contributed by atoms with E-state index in [0.717, 1.165) is 6.08 Å². The molecule has 3 aromatic rings. The van der Waals surface area contributed by atoms with Gasteiger partial charge in [-0.15, -0.1) is 0 Å². The number of benzene rings is 2. The SMILES string of the molecule is COc1ccc(-c2c(S(=O)(=O)c3ccccc3)[nH]c3c2C(=O)C(=O)C=C3)cc1. The van der Waals surface area contributed by atoms with Gasteiger partial charge in [-0.25, -0.2) is 8.42 Å². The Morgan fingerprint density at radius 1 is 0.857 bits per heavy atom. The maximum Gasteiger partial charge on any atom is 0.235 e. The molecule has 6 nitrogen and oxygen atoms in total. The zero-order valence-electron chi connectivity index (χ0n) is 14.8. The van der Waals surface area contributed by atoms with Gasteiger partial charge in [-0.2, -0.15) is 0 Å². The van der Waals surface area contributed by atoms with E-state index >= 15 is 0 Å². The first kappa shape index (κ1) is 17.9. The Hall–Kier alpha value is -3.45. The third-order valence-corrected chi connectivity index (χ3v) is 6.28. The van der Waals surface area contributed by atoms with Gasteiger partial charge in [0.2, 0.25) is 21.4 Å². The van der Waals surface area contributed by atoms with Crippen molar-refractivity contribution in [2.75, 3.05) is 7.11 Å². The molecule has 0 atom stereocenters. The highest BCUT2D eigenvalue weighted by atomic mass is 32.2. The number of allylic oxidation sites excluding steroid dienone is 1. The Kier molecular flexibility index (Phi) is 4.24. The predicted molar refractivity (Wildman–Crippen MR) is 103 cm³/mol. The van der Waals surface area contributed by atoms with Gasteiger partial charge in [-0.3, -0.25) is 9.59 Å². The molecule has 140 valence electrons. The van der Waals surface area contributed by atoms with Crippen LogP contribution in [0, 0.1) is 0 Å². The van der Waals surface area contributed by atoms with E-state index < -0.39 is 21.4 Å². The van der Waals surface area contributed by atoms with Crippen molar-refractivity contribution in [3.63, 3.8) is 0 Å². The second-order valence-electron chi connectivity index (χ2n) is 6.19. The monoisotopic (exact) mass is 393 g/mol. The molecule has 0 spiro atoms. The van der Waals surface area contributed by atoms with E-state index in [-0.39, 0.29) is 21.0 Å². The lowest BCUT2D eigenvalue weighted by molar-refractivity contribution is -0.110. The number of rotatable bonds is 4. The van der Waals surface area contributed by atoms with E-state index in [1.54, 1.807) is 42.5 Å². The number of Topliss-reactive ketones (excluding diaryl/α,β-unsaturated/α-hetero) is 1. The highest BCUT2D eigenvalue weighted by Crippen LogP contribution is 2.38. The van der Waals surface area contributed by atoms with Gasteiger partial charge in [-0.1, -0.05) is 30.3 Å². The molecule has 2 aromatic carbocycles. The lowest BCUT2D eigenvalue weighted by Gasteiger charge is -2.10. The smallest absolute Gasteiger partial charge is 0.235 e. The first-order valence-corrected chi connectivity index (χ1v) is 9.89. The van der Waals surface area contributed by atoms with Gasteiger partial charge in [0.05, 0.1) is 23.3 Å². The van der Waals surface area contributed by atoms with Gasteiger partial charge in [0.1, 0.15) is 10.8 Å². The van der Waals surface area contributed by atoms with Crippen LogP contribution in [0.3, 0.4) is 0 Å². The fourth-order valence-corrected chi connectivity index (χ4v) is 4.65. The summed E-state index contributed by atoms with van der Waals surface area (Å²) in [6, 6.07) is 14.6. The number of sulfone groups is 1. The minimum absolute atomic E-state index is 0.0622. The Balaban J connectivity index is 2.02. The third kappa shape index (κ3) is 2.76. The molecule has 1 heterocycles. The number of aromatic nitrogens is 1. The lowest BCUT2D eigenvalue weighted by atomic mass is 9.94. The van der Waals surface area contributed by atoms with E-state index in [0.29, 0.717) is 17.0 Å². The first-order chi connectivity index (χ1) is 13.4. The van der Waals surface area contributed by atoms with Crippen LogP contribution in [0.25, 0.3) is 17.2 Å². The topological polar surface area (TPSA) is 93.3 Å². The minimum Gasteiger partial charge on any atom is -0.497 e. The molecule has 1 aliphatic carbocycles. The molecule has 4 rings (SSSR count). The zero-order valence-corrected chi connectivity index (χ0v) is 15.6. The van der Waals surface area contributed by atoms with Crippen molar-refractivity contribution >= 4 is 27.5 Å².